The normalized spacial score (nSPS) is 19.8. The van der Waals surface area contributed by atoms with Gasteiger partial charge < -0.3 is 4.90 Å². The molecule has 0 amide bonds. The van der Waals surface area contributed by atoms with E-state index in [1.807, 2.05) is 6.20 Å². The maximum Gasteiger partial charge on any atom is 0.147 e. The van der Waals surface area contributed by atoms with Crippen LogP contribution in [-0.2, 0) is 0 Å². The molecule has 0 N–H and O–H groups in total. The Bertz CT molecular complexity index is 304. The van der Waals surface area contributed by atoms with Gasteiger partial charge in [-0.25, -0.2) is 4.98 Å². The Morgan fingerprint density at radius 3 is 2.69 bits per heavy atom. The molecule has 2 heterocycles. The highest BCUT2D eigenvalue weighted by Gasteiger charge is 2.23. The highest BCUT2D eigenvalue weighted by Crippen LogP contribution is 2.28. The van der Waals surface area contributed by atoms with Crippen molar-refractivity contribution in [2.45, 2.75) is 33.1 Å². The lowest BCUT2D eigenvalue weighted by molar-refractivity contribution is 0.285. The lowest BCUT2D eigenvalue weighted by Gasteiger charge is -2.35. The standard InChI is InChI=1S/C13H21N3/c1-3-11(2)12-4-8-16(9-5-12)13-10-14-6-7-15-13/h6-7,10-12H,3-5,8-9H2,1-2H3. The molecule has 88 valence electrons. The fourth-order valence-electron chi connectivity index (χ4n) is 2.49. The smallest absolute Gasteiger partial charge is 0.147 e. The topological polar surface area (TPSA) is 29.0 Å². The molecule has 3 nitrogen and oxygen atoms in total. The Labute approximate surface area is 97.9 Å². The second kappa shape index (κ2) is 5.28. The quantitative estimate of drug-likeness (QED) is 0.782. The van der Waals surface area contributed by atoms with Gasteiger partial charge in [-0.2, -0.15) is 0 Å². The molecule has 1 atom stereocenters. The summed E-state index contributed by atoms with van der Waals surface area (Å²) in [5, 5.41) is 0. The van der Waals surface area contributed by atoms with Crippen LogP contribution in [0.3, 0.4) is 0 Å². The van der Waals surface area contributed by atoms with Crippen molar-refractivity contribution in [3.63, 3.8) is 0 Å². The minimum Gasteiger partial charge on any atom is -0.355 e. The Kier molecular flexibility index (Phi) is 3.75. The van der Waals surface area contributed by atoms with Crippen LogP contribution >= 0.6 is 0 Å². The van der Waals surface area contributed by atoms with E-state index in [0.29, 0.717) is 0 Å². The summed E-state index contributed by atoms with van der Waals surface area (Å²) < 4.78 is 0. The number of piperidine rings is 1. The van der Waals surface area contributed by atoms with Crippen molar-refractivity contribution < 1.29 is 0 Å². The molecule has 2 rings (SSSR count). The molecule has 0 radical (unpaired) electrons. The van der Waals surface area contributed by atoms with E-state index >= 15 is 0 Å². The second-order valence-electron chi connectivity index (χ2n) is 4.77. The fraction of sp³-hybridized carbons (Fsp3) is 0.692. The van der Waals surface area contributed by atoms with E-state index in [1.54, 1.807) is 12.4 Å². The van der Waals surface area contributed by atoms with Crippen molar-refractivity contribution in [1.82, 2.24) is 9.97 Å². The lowest BCUT2D eigenvalue weighted by Crippen LogP contribution is -2.36. The number of nitrogens with zero attached hydrogens (tertiary/aromatic N) is 3. The first kappa shape index (κ1) is 11.4. The predicted octanol–water partition coefficient (Wildman–Crippen LogP) is 2.74. The number of anilines is 1. The summed E-state index contributed by atoms with van der Waals surface area (Å²) in [7, 11) is 0. The molecule has 1 aliphatic rings. The Morgan fingerprint density at radius 1 is 1.38 bits per heavy atom. The van der Waals surface area contributed by atoms with Gasteiger partial charge in [-0.3, -0.25) is 4.98 Å². The molecule has 16 heavy (non-hydrogen) atoms. The van der Waals surface area contributed by atoms with Gasteiger partial charge in [0.1, 0.15) is 5.82 Å². The third-order valence-electron chi connectivity index (χ3n) is 3.86. The van der Waals surface area contributed by atoms with Gasteiger partial charge >= 0.3 is 0 Å². The Morgan fingerprint density at radius 2 is 2.12 bits per heavy atom. The highest BCUT2D eigenvalue weighted by molar-refractivity contribution is 5.35. The average molecular weight is 219 g/mol. The zero-order valence-corrected chi connectivity index (χ0v) is 10.3. The first-order chi connectivity index (χ1) is 7.81. The monoisotopic (exact) mass is 219 g/mol. The van der Waals surface area contributed by atoms with Crippen LogP contribution in [0.25, 0.3) is 0 Å². The molecule has 0 spiro atoms. The predicted molar refractivity (Wildman–Crippen MR) is 66.4 cm³/mol. The maximum atomic E-state index is 4.36. The molecule has 0 saturated carbocycles. The number of rotatable bonds is 3. The third-order valence-corrected chi connectivity index (χ3v) is 3.86. The van der Waals surface area contributed by atoms with Gasteiger partial charge in [0.25, 0.3) is 0 Å². The van der Waals surface area contributed by atoms with Crippen molar-refractivity contribution in [1.29, 1.82) is 0 Å². The fourth-order valence-corrected chi connectivity index (χ4v) is 2.49. The number of hydrogen-bond donors (Lipinski definition) is 0. The minimum absolute atomic E-state index is 0.865. The van der Waals surface area contributed by atoms with E-state index in [-0.39, 0.29) is 0 Å². The first-order valence-corrected chi connectivity index (χ1v) is 6.32. The van der Waals surface area contributed by atoms with Crippen molar-refractivity contribution >= 4 is 5.82 Å². The van der Waals surface area contributed by atoms with Crippen LogP contribution < -0.4 is 4.90 Å². The second-order valence-corrected chi connectivity index (χ2v) is 4.77. The molecule has 1 aliphatic heterocycles. The van der Waals surface area contributed by atoms with Gasteiger partial charge in [0.2, 0.25) is 0 Å². The minimum atomic E-state index is 0.865. The molecular formula is C13H21N3. The van der Waals surface area contributed by atoms with Gasteiger partial charge in [-0.1, -0.05) is 20.3 Å². The van der Waals surface area contributed by atoms with E-state index in [9.17, 15) is 0 Å². The van der Waals surface area contributed by atoms with Crippen LogP contribution in [0.4, 0.5) is 5.82 Å². The molecule has 1 fully saturated rings. The molecule has 3 heteroatoms. The summed E-state index contributed by atoms with van der Waals surface area (Å²) in [6.07, 6.45) is 9.27. The molecule has 1 unspecified atom stereocenters. The van der Waals surface area contributed by atoms with E-state index in [2.05, 4.69) is 28.7 Å². The largest absolute Gasteiger partial charge is 0.355 e. The van der Waals surface area contributed by atoms with Crippen molar-refractivity contribution in [3.05, 3.63) is 18.6 Å². The molecular weight excluding hydrogens is 198 g/mol. The zero-order valence-electron chi connectivity index (χ0n) is 10.3. The van der Waals surface area contributed by atoms with Crippen LogP contribution in [-0.4, -0.2) is 23.1 Å². The van der Waals surface area contributed by atoms with Gasteiger partial charge in [-0.15, -0.1) is 0 Å². The summed E-state index contributed by atoms with van der Waals surface area (Å²) in [6, 6.07) is 0. The van der Waals surface area contributed by atoms with Crippen LogP contribution in [0.15, 0.2) is 18.6 Å². The van der Waals surface area contributed by atoms with Crippen LogP contribution in [0.1, 0.15) is 33.1 Å². The van der Waals surface area contributed by atoms with E-state index in [0.717, 1.165) is 30.7 Å². The van der Waals surface area contributed by atoms with Crippen LogP contribution in [0.2, 0.25) is 0 Å². The van der Waals surface area contributed by atoms with Crippen molar-refractivity contribution in [2.24, 2.45) is 11.8 Å². The number of aromatic nitrogens is 2. The van der Waals surface area contributed by atoms with Crippen molar-refractivity contribution in [3.8, 4) is 0 Å². The SMILES string of the molecule is CCC(C)C1CCN(c2cnccn2)CC1. The summed E-state index contributed by atoms with van der Waals surface area (Å²) in [4.78, 5) is 10.8. The molecule has 0 aliphatic carbocycles. The maximum absolute atomic E-state index is 4.36. The summed E-state index contributed by atoms with van der Waals surface area (Å²) >= 11 is 0. The first-order valence-electron chi connectivity index (χ1n) is 6.32. The summed E-state index contributed by atoms with van der Waals surface area (Å²) in [5.74, 6) is 2.80. The number of hydrogen-bond acceptors (Lipinski definition) is 3. The molecule has 1 aromatic rings. The molecule has 0 aromatic carbocycles. The van der Waals surface area contributed by atoms with Gasteiger partial charge in [0.05, 0.1) is 6.20 Å². The summed E-state index contributed by atoms with van der Waals surface area (Å²) in [6.45, 7) is 6.93. The zero-order chi connectivity index (χ0) is 11.4. The van der Waals surface area contributed by atoms with Gasteiger partial charge in [-0.05, 0) is 24.7 Å². The van der Waals surface area contributed by atoms with E-state index in [1.165, 1.54) is 19.3 Å². The molecule has 1 aromatic heterocycles. The molecule has 1 saturated heterocycles. The highest BCUT2D eigenvalue weighted by atomic mass is 15.2. The lowest BCUT2D eigenvalue weighted by atomic mass is 9.84. The Balaban J connectivity index is 1.91. The third kappa shape index (κ3) is 2.52. The van der Waals surface area contributed by atoms with Crippen molar-refractivity contribution in [2.75, 3.05) is 18.0 Å². The average Bonchev–Trinajstić information content (AvgIpc) is 2.39. The molecule has 0 bridgehead atoms. The van der Waals surface area contributed by atoms with Crippen LogP contribution in [0, 0.1) is 11.8 Å². The van der Waals surface area contributed by atoms with Gasteiger partial charge in [0.15, 0.2) is 0 Å². The van der Waals surface area contributed by atoms with E-state index in [4.69, 9.17) is 0 Å². The van der Waals surface area contributed by atoms with Crippen LogP contribution in [0.5, 0.6) is 0 Å². The van der Waals surface area contributed by atoms with Gasteiger partial charge in [0, 0.05) is 25.5 Å². The Hall–Kier alpha value is -1.12. The summed E-state index contributed by atoms with van der Waals surface area (Å²) in [5.41, 5.74) is 0. The van der Waals surface area contributed by atoms with E-state index < -0.39 is 0 Å².